The third-order valence-electron chi connectivity index (χ3n) is 5.55. The van der Waals surface area contributed by atoms with Gasteiger partial charge >= 0.3 is 6.03 Å². The highest BCUT2D eigenvalue weighted by atomic mass is 35.5. The van der Waals surface area contributed by atoms with Gasteiger partial charge in [0.15, 0.2) is 0 Å². The second-order valence-electron chi connectivity index (χ2n) is 7.88. The van der Waals surface area contributed by atoms with E-state index in [2.05, 4.69) is 15.3 Å². The molecule has 2 aromatic rings. The minimum atomic E-state index is -2.92. The Morgan fingerprint density at radius 2 is 1.97 bits per heavy atom. The van der Waals surface area contributed by atoms with Crippen molar-refractivity contribution >= 4 is 23.4 Å². The summed E-state index contributed by atoms with van der Waals surface area (Å²) in [5.74, 6) is -2.41. The lowest BCUT2D eigenvalue weighted by Crippen LogP contribution is -2.46. The number of alkyl halides is 2. The third kappa shape index (κ3) is 4.72. The first kappa shape index (κ1) is 21.7. The number of rotatable bonds is 4. The largest absolute Gasteiger partial charge is 0.378 e. The first-order valence-electron chi connectivity index (χ1n) is 10.1. The summed E-state index contributed by atoms with van der Waals surface area (Å²) < 4.78 is 32.8. The van der Waals surface area contributed by atoms with Gasteiger partial charge in [0.2, 0.25) is 5.28 Å². The van der Waals surface area contributed by atoms with Gasteiger partial charge in [0.25, 0.3) is 5.92 Å². The Labute approximate surface area is 184 Å². The molecule has 1 N–H and O–H groups in total. The van der Waals surface area contributed by atoms with E-state index in [1.54, 1.807) is 21.9 Å². The molecule has 0 bridgehead atoms. The standard InChI is InChI=1S/C21H24ClF2N5O2/c1-13(14-4-3-5-15(10-14)21(2,23)24)25-18-16-11-29(12-17(16)26-19(22)27-18)20(30)28-6-8-31-9-7-28/h3-5,10,13H,6-9,11-12H2,1-2H3,(H,25,26,27)/t13-/m1/s1. The van der Waals surface area contributed by atoms with E-state index in [-0.39, 0.29) is 22.9 Å². The zero-order chi connectivity index (χ0) is 22.2. The molecule has 166 valence electrons. The number of hydrogen-bond donors (Lipinski definition) is 1. The molecule has 2 aliphatic heterocycles. The number of benzene rings is 1. The summed E-state index contributed by atoms with van der Waals surface area (Å²) in [5.41, 5.74) is 2.12. The second-order valence-corrected chi connectivity index (χ2v) is 8.22. The minimum absolute atomic E-state index is 0.0492. The fourth-order valence-corrected chi connectivity index (χ4v) is 3.99. The third-order valence-corrected chi connectivity index (χ3v) is 5.72. The van der Waals surface area contributed by atoms with Crippen LogP contribution >= 0.6 is 11.6 Å². The summed E-state index contributed by atoms with van der Waals surface area (Å²) in [7, 11) is 0. The minimum Gasteiger partial charge on any atom is -0.378 e. The molecule has 3 heterocycles. The molecule has 0 unspecified atom stereocenters. The average Bonchev–Trinajstić information content (AvgIpc) is 3.17. The zero-order valence-corrected chi connectivity index (χ0v) is 18.1. The monoisotopic (exact) mass is 451 g/mol. The highest BCUT2D eigenvalue weighted by Gasteiger charge is 2.32. The van der Waals surface area contributed by atoms with Crippen molar-refractivity contribution in [3.8, 4) is 0 Å². The van der Waals surface area contributed by atoms with Crippen LogP contribution in [0.1, 0.15) is 42.3 Å². The summed E-state index contributed by atoms with van der Waals surface area (Å²) in [4.78, 5) is 24.9. The van der Waals surface area contributed by atoms with Gasteiger partial charge in [-0.1, -0.05) is 18.2 Å². The molecule has 0 saturated carbocycles. The Morgan fingerprint density at radius 3 is 2.68 bits per heavy atom. The van der Waals surface area contributed by atoms with Crippen LogP contribution in [0.15, 0.2) is 24.3 Å². The Morgan fingerprint density at radius 1 is 1.23 bits per heavy atom. The van der Waals surface area contributed by atoms with Gasteiger partial charge in [-0.2, -0.15) is 0 Å². The lowest BCUT2D eigenvalue weighted by molar-refractivity contribution is 0.0174. The molecule has 10 heteroatoms. The summed E-state index contributed by atoms with van der Waals surface area (Å²) in [6.07, 6.45) is 0. The molecule has 1 fully saturated rings. The van der Waals surface area contributed by atoms with Crippen LogP contribution in [0.5, 0.6) is 0 Å². The average molecular weight is 452 g/mol. The number of nitrogens with one attached hydrogen (secondary N) is 1. The Bertz CT molecular complexity index is 979. The van der Waals surface area contributed by atoms with Crippen molar-refractivity contribution in [1.29, 1.82) is 0 Å². The summed E-state index contributed by atoms with van der Waals surface area (Å²) in [6, 6.07) is 5.90. The van der Waals surface area contributed by atoms with E-state index in [4.69, 9.17) is 16.3 Å². The number of fused-ring (bicyclic) bond motifs is 1. The van der Waals surface area contributed by atoms with Crippen LogP contribution in [-0.2, 0) is 23.7 Å². The Balaban J connectivity index is 1.53. The molecule has 0 aliphatic carbocycles. The quantitative estimate of drug-likeness (QED) is 0.706. The molecule has 31 heavy (non-hydrogen) atoms. The zero-order valence-electron chi connectivity index (χ0n) is 17.4. The lowest BCUT2D eigenvalue weighted by Gasteiger charge is -2.30. The molecule has 0 spiro atoms. The number of anilines is 1. The van der Waals surface area contributed by atoms with Gasteiger partial charge in [-0.15, -0.1) is 0 Å². The first-order valence-corrected chi connectivity index (χ1v) is 10.5. The number of nitrogens with zero attached hydrogens (tertiary/aromatic N) is 4. The van der Waals surface area contributed by atoms with Crippen molar-refractivity contribution in [2.45, 2.75) is 38.9 Å². The van der Waals surface area contributed by atoms with Crippen molar-refractivity contribution in [3.05, 3.63) is 51.9 Å². The van der Waals surface area contributed by atoms with Crippen molar-refractivity contribution < 1.29 is 18.3 Å². The second kappa shape index (κ2) is 8.55. The Hall–Kier alpha value is -2.52. The first-order chi connectivity index (χ1) is 14.7. The van der Waals surface area contributed by atoms with Gasteiger partial charge in [0, 0.05) is 37.2 Å². The fraction of sp³-hybridized carbons (Fsp3) is 0.476. The normalized spacial score (nSPS) is 17.5. The maximum absolute atomic E-state index is 13.7. The lowest BCUT2D eigenvalue weighted by atomic mass is 10.0. The smallest absolute Gasteiger partial charge is 0.320 e. The highest BCUT2D eigenvalue weighted by Crippen LogP contribution is 2.33. The van der Waals surface area contributed by atoms with Crippen molar-refractivity contribution in [3.63, 3.8) is 0 Å². The number of carbonyl (C=O) groups is 1. The van der Waals surface area contributed by atoms with Crippen molar-refractivity contribution in [2.75, 3.05) is 31.6 Å². The Kier molecular flexibility index (Phi) is 5.98. The number of amides is 2. The fourth-order valence-electron chi connectivity index (χ4n) is 3.80. The van der Waals surface area contributed by atoms with Crippen LogP contribution in [0.4, 0.5) is 19.4 Å². The van der Waals surface area contributed by atoms with Gasteiger partial charge in [0.1, 0.15) is 5.82 Å². The number of hydrogen-bond acceptors (Lipinski definition) is 5. The maximum atomic E-state index is 13.7. The number of morpholine rings is 1. The van der Waals surface area contributed by atoms with E-state index in [0.29, 0.717) is 56.5 Å². The molecule has 1 atom stereocenters. The molecule has 2 amide bonds. The van der Waals surface area contributed by atoms with Gasteiger partial charge in [0.05, 0.1) is 32.0 Å². The van der Waals surface area contributed by atoms with E-state index < -0.39 is 5.92 Å². The number of urea groups is 1. The summed E-state index contributed by atoms with van der Waals surface area (Å²) >= 11 is 6.13. The maximum Gasteiger partial charge on any atom is 0.320 e. The van der Waals surface area contributed by atoms with Gasteiger partial charge in [-0.3, -0.25) is 0 Å². The van der Waals surface area contributed by atoms with Crippen molar-refractivity contribution in [1.82, 2.24) is 19.8 Å². The van der Waals surface area contributed by atoms with E-state index in [1.807, 2.05) is 6.92 Å². The molecule has 1 aromatic carbocycles. The predicted octanol–water partition coefficient (Wildman–Crippen LogP) is 4.18. The summed E-state index contributed by atoms with van der Waals surface area (Å²) in [5, 5.41) is 3.34. The van der Waals surface area contributed by atoms with E-state index >= 15 is 0 Å². The van der Waals surface area contributed by atoms with Gasteiger partial charge in [-0.05, 0) is 30.2 Å². The molecule has 1 aromatic heterocycles. The number of carbonyl (C=O) groups excluding carboxylic acids is 1. The van der Waals surface area contributed by atoms with E-state index in [0.717, 1.165) is 12.5 Å². The van der Waals surface area contributed by atoms with Crippen LogP contribution in [0.2, 0.25) is 5.28 Å². The molecular weight excluding hydrogens is 428 g/mol. The summed E-state index contributed by atoms with van der Waals surface area (Å²) in [6.45, 7) is 5.59. The van der Waals surface area contributed by atoms with Crippen LogP contribution in [-0.4, -0.2) is 52.1 Å². The van der Waals surface area contributed by atoms with Crippen LogP contribution < -0.4 is 5.32 Å². The van der Waals surface area contributed by atoms with Crippen LogP contribution in [0.3, 0.4) is 0 Å². The van der Waals surface area contributed by atoms with Crippen LogP contribution in [0, 0.1) is 0 Å². The molecule has 1 saturated heterocycles. The predicted molar refractivity (Wildman–Crippen MR) is 112 cm³/mol. The van der Waals surface area contributed by atoms with Crippen molar-refractivity contribution in [2.24, 2.45) is 0 Å². The number of halogens is 3. The molecule has 2 aliphatic rings. The topological polar surface area (TPSA) is 70.6 Å². The van der Waals surface area contributed by atoms with Gasteiger partial charge < -0.3 is 19.9 Å². The molecule has 4 rings (SSSR count). The van der Waals surface area contributed by atoms with E-state index in [9.17, 15) is 13.6 Å². The number of ether oxygens (including phenoxy) is 1. The van der Waals surface area contributed by atoms with Crippen LogP contribution in [0.25, 0.3) is 0 Å². The molecule has 0 radical (unpaired) electrons. The highest BCUT2D eigenvalue weighted by molar-refractivity contribution is 6.28. The SMILES string of the molecule is C[C@@H](Nc1nc(Cl)nc2c1CN(C(=O)N1CCOCC1)C2)c1cccc(C(C)(F)F)c1. The molecule has 7 nitrogen and oxygen atoms in total. The van der Waals surface area contributed by atoms with Gasteiger partial charge in [-0.25, -0.2) is 23.5 Å². The van der Waals surface area contributed by atoms with E-state index in [1.165, 1.54) is 12.1 Å². The molecular formula is C21H24ClF2N5O2. The number of aromatic nitrogens is 2.